The van der Waals surface area contributed by atoms with Gasteiger partial charge in [0.15, 0.2) is 0 Å². The van der Waals surface area contributed by atoms with Crippen LogP contribution in [-0.4, -0.2) is 25.2 Å². The first-order valence-electron chi connectivity index (χ1n) is 7.41. The molecule has 0 spiro atoms. The van der Waals surface area contributed by atoms with Gasteiger partial charge in [-0.25, -0.2) is 4.98 Å². The van der Waals surface area contributed by atoms with E-state index in [9.17, 15) is 4.79 Å². The molecule has 124 valence electrons. The van der Waals surface area contributed by atoms with Gasteiger partial charge in [-0.05, 0) is 42.8 Å². The van der Waals surface area contributed by atoms with Gasteiger partial charge in [-0.1, -0.05) is 23.5 Å². The number of ether oxygens (including phenoxy) is 3. The zero-order valence-corrected chi connectivity index (χ0v) is 14.4. The van der Waals surface area contributed by atoms with Gasteiger partial charge in [-0.3, -0.25) is 4.79 Å². The molecule has 3 rings (SSSR count). The van der Waals surface area contributed by atoms with E-state index in [2.05, 4.69) is 4.98 Å². The van der Waals surface area contributed by atoms with Gasteiger partial charge in [0.1, 0.15) is 11.5 Å². The maximum absolute atomic E-state index is 11.6. The predicted molar refractivity (Wildman–Crippen MR) is 93.1 cm³/mol. The summed E-state index contributed by atoms with van der Waals surface area (Å²) in [6, 6.07) is 13.1. The third-order valence-corrected chi connectivity index (χ3v) is 4.61. The molecule has 1 heterocycles. The number of hydrogen-bond acceptors (Lipinski definition) is 6. The van der Waals surface area contributed by atoms with Crippen LogP contribution in [-0.2, 0) is 9.53 Å². The minimum absolute atomic E-state index is 0.260. The normalized spacial score (nSPS) is 12.0. The van der Waals surface area contributed by atoms with Crippen LogP contribution in [0.2, 0.25) is 0 Å². The maximum Gasteiger partial charge on any atom is 0.312 e. The molecule has 0 saturated carbocycles. The quantitative estimate of drug-likeness (QED) is 0.644. The SMILES string of the molecule is COC(=O)C(C)c1ccc(Oc2nc3ccc(OC)cc3s2)cc1. The fourth-order valence-corrected chi connectivity index (χ4v) is 3.16. The molecule has 0 aliphatic rings. The second-order valence-electron chi connectivity index (χ2n) is 5.23. The van der Waals surface area contributed by atoms with Crippen LogP contribution in [0.5, 0.6) is 16.7 Å². The minimum Gasteiger partial charge on any atom is -0.497 e. The number of carbonyl (C=O) groups excluding carboxylic acids is 1. The van der Waals surface area contributed by atoms with Gasteiger partial charge in [0.25, 0.3) is 5.19 Å². The molecule has 2 aromatic carbocycles. The average Bonchev–Trinajstić information content (AvgIpc) is 3.02. The Labute approximate surface area is 143 Å². The van der Waals surface area contributed by atoms with Crippen molar-refractivity contribution in [3.63, 3.8) is 0 Å². The lowest BCUT2D eigenvalue weighted by molar-refractivity contribution is -0.141. The molecular formula is C18H17NO4S. The Morgan fingerprint density at radius 2 is 1.79 bits per heavy atom. The summed E-state index contributed by atoms with van der Waals surface area (Å²) in [4.78, 5) is 16.0. The number of nitrogens with zero attached hydrogens (tertiary/aromatic N) is 1. The number of fused-ring (bicyclic) bond motifs is 1. The highest BCUT2D eigenvalue weighted by molar-refractivity contribution is 7.20. The summed E-state index contributed by atoms with van der Waals surface area (Å²) in [6.07, 6.45) is 0. The zero-order valence-electron chi connectivity index (χ0n) is 13.6. The van der Waals surface area contributed by atoms with E-state index in [-0.39, 0.29) is 11.9 Å². The smallest absolute Gasteiger partial charge is 0.312 e. The van der Waals surface area contributed by atoms with E-state index in [1.165, 1.54) is 18.4 Å². The Morgan fingerprint density at radius 3 is 2.46 bits per heavy atom. The standard InChI is InChI=1S/C18H17NO4S/c1-11(17(20)22-3)12-4-6-13(7-5-12)23-18-19-15-9-8-14(21-2)10-16(15)24-18/h4-11H,1-3H3. The largest absolute Gasteiger partial charge is 0.497 e. The number of rotatable bonds is 5. The first-order valence-corrected chi connectivity index (χ1v) is 8.22. The van der Waals surface area contributed by atoms with Crippen molar-refractivity contribution in [2.45, 2.75) is 12.8 Å². The van der Waals surface area contributed by atoms with Crippen LogP contribution in [0.3, 0.4) is 0 Å². The van der Waals surface area contributed by atoms with Gasteiger partial charge >= 0.3 is 5.97 Å². The Hall–Kier alpha value is -2.60. The first-order chi connectivity index (χ1) is 11.6. The number of methoxy groups -OCH3 is 2. The molecule has 0 saturated heterocycles. The lowest BCUT2D eigenvalue weighted by atomic mass is 10.0. The van der Waals surface area contributed by atoms with E-state index in [1.54, 1.807) is 7.11 Å². The highest BCUT2D eigenvalue weighted by Gasteiger charge is 2.15. The zero-order chi connectivity index (χ0) is 17.1. The Kier molecular flexibility index (Phi) is 4.66. The number of thiazole rings is 1. The number of carbonyl (C=O) groups is 1. The summed E-state index contributed by atoms with van der Waals surface area (Å²) in [5.41, 5.74) is 1.75. The van der Waals surface area contributed by atoms with Crippen molar-refractivity contribution in [2.24, 2.45) is 0 Å². The number of hydrogen-bond donors (Lipinski definition) is 0. The monoisotopic (exact) mass is 343 g/mol. The summed E-state index contributed by atoms with van der Waals surface area (Å²) in [6.45, 7) is 1.81. The van der Waals surface area contributed by atoms with Gasteiger partial charge in [0.05, 0.1) is 30.4 Å². The van der Waals surface area contributed by atoms with E-state index in [1.807, 2.05) is 49.4 Å². The highest BCUT2D eigenvalue weighted by Crippen LogP contribution is 2.33. The Bertz CT molecular complexity index is 857. The van der Waals surface area contributed by atoms with Gasteiger partial charge < -0.3 is 14.2 Å². The van der Waals surface area contributed by atoms with Gasteiger partial charge in [0.2, 0.25) is 0 Å². The minimum atomic E-state index is -0.307. The molecular weight excluding hydrogens is 326 g/mol. The molecule has 0 amide bonds. The van der Waals surface area contributed by atoms with Gasteiger partial charge in [-0.2, -0.15) is 0 Å². The van der Waals surface area contributed by atoms with Gasteiger partial charge in [0, 0.05) is 0 Å². The van der Waals surface area contributed by atoms with Crippen LogP contribution >= 0.6 is 11.3 Å². The predicted octanol–water partition coefficient (Wildman–Crippen LogP) is 4.37. The fourth-order valence-electron chi connectivity index (χ4n) is 2.29. The maximum atomic E-state index is 11.6. The summed E-state index contributed by atoms with van der Waals surface area (Å²) < 4.78 is 16.8. The molecule has 1 aromatic heterocycles. The van der Waals surface area contributed by atoms with Crippen molar-refractivity contribution in [3.05, 3.63) is 48.0 Å². The molecule has 0 N–H and O–H groups in total. The molecule has 0 radical (unpaired) electrons. The van der Waals surface area contributed by atoms with E-state index >= 15 is 0 Å². The van der Waals surface area contributed by atoms with Crippen LogP contribution in [0.25, 0.3) is 10.2 Å². The van der Waals surface area contributed by atoms with E-state index in [4.69, 9.17) is 14.2 Å². The molecule has 1 atom stereocenters. The molecule has 1 unspecified atom stereocenters. The van der Waals surface area contributed by atoms with Crippen molar-refractivity contribution < 1.29 is 19.0 Å². The summed E-state index contributed by atoms with van der Waals surface area (Å²) >= 11 is 1.45. The van der Waals surface area contributed by atoms with Gasteiger partial charge in [-0.15, -0.1) is 0 Å². The van der Waals surface area contributed by atoms with E-state index in [0.29, 0.717) is 10.9 Å². The molecule has 0 fully saturated rings. The number of aromatic nitrogens is 1. The Morgan fingerprint density at radius 1 is 1.08 bits per heavy atom. The van der Waals surface area contributed by atoms with Crippen LogP contribution in [0.4, 0.5) is 0 Å². The van der Waals surface area contributed by atoms with Crippen molar-refractivity contribution >= 4 is 27.5 Å². The van der Waals surface area contributed by atoms with Crippen molar-refractivity contribution in [1.82, 2.24) is 4.98 Å². The van der Waals surface area contributed by atoms with E-state index < -0.39 is 0 Å². The highest BCUT2D eigenvalue weighted by atomic mass is 32.1. The van der Waals surface area contributed by atoms with Crippen LogP contribution in [0.15, 0.2) is 42.5 Å². The third kappa shape index (κ3) is 3.33. The molecule has 6 heteroatoms. The molecule has 5 nitrogen and oxygen atoms in total. The first kappa shape index (κ1) is 16.3. The second kappa shape index (κ2) is 6.88. The number of esters is 1. The average molecular weight is 343 g/mol. The van der Waals surface area contributed by atoms with Crippen molar-refractivity contribution in [3.8, 4) is 16.7 Å². The molecule has 24 heavy (non-hydrogen) atoms. The lowest BCUT2D eigenvalue weighted by Gasteiger charge is -2.10. The van der Waals surface area contributed by atoms with Crippen LogP contribution in [0, 0.1) is 0 Å². The third-order valence-electron chi connectivity index (χ3n) is 3.72. The molecule has 3 aromatic rings. The summed E-state index contributed by atoms with van der Waals surface area (Å²) in [7, 11) is 3.02. The van der Waals surface area contributed by atoms with Crippen molar-refractivity contribution in [1.29, 1.82) is 0 Å². The molecule has 0 bridgehead atoms. The fraction of sp³-hybridized carbons (Fsp3) is 0.222. The molecule has 0 aliphatic heterocycles. The topological polar surface area (TPSA) is 57.7 Å². The second-order valence-corrected chi connectivity index (χ2v) is 6.22. The molecule has 0 aliphatic carbocycles. The van der Waals surface area contributed by atoms with Crippen molar-refractivity contribution in [2.75, 3.05) is 14.2 Å². The van der Waals surface area contributed by atoms with Crippen LogP contribution in [0.1, 0.15) is 18.4 Å². The lowest BCUT2D eigenvalue weighted by Crippen LogP contribution is -2.10. The number of benzene rings is 2. The van der Waals surface area contributed by atoms with E-state index in [0.717, 1.165) is 21.5 Å². The summed E-state index contributed by atoms with van der Waals surface area (Å²) in [5, 5.41) is 0.562. The van der Waals surface area contributed by atoms with Crippen LogP contribution < -0.4 is 9.47 Å². The summed E-state index contributed by atoms with van der Waals surface area (Å²) in [5.74, 6) is 0.892. The Balaban J connectivity index is 1.77.